The number of aryl methyl sites for hydroxylation is 1. The molecule has 0 aliphatic carbocycles. The van der Waals surface area contributed by atoms with Crippen molar-refractivity contribution >= 4 is 0 Å². The predicted octanol–water partition coefficient (Wildman–Crippen LogP) is 3.84. The smallest absolute Gasteiger partial charge is 0.119 e. The van der Waals surface area contributed by atoms with Crippen LogP contribution in [0.5, 0.6) is 5.75 Å². The van der Waals surface area contributed by atoms with Crippen molar-refractivity contribution < 1.29 is 9.47 Å². The summed E-state index contributed by atoms with van der Waals surface area (Å²) in [5, 5.41) is 3.46. The van der Waals surface area contributed by atoms with Crippen LogP contribution in [0.25, 0.3) is 0 Å². The monoisotopic (exact) mass is 311 g/mol. The molecular formula is C20H25NO2. The molecule has 3 rings (SSSR count). The predicted molar refractivity (Wildman–Crippen MR) is 92.6 cm³/mol. The number of rotatable bonds is 7. The van der Waals surface area contributed by atoms with E-state index in [0.717, 1.165) is 25.4 Å². The zero-order valence-corrected chi connectivity index (χ0v) is 13.8. The van der Waals surface area contributed by atoms with Crippen molar-refractivity contribution in [2.75, 3.05) is 13.2 Å². The summed E-state index contributed by atoms with van der Waals surface area (Å²) in [5.74, 6) is 0.913. The average Bonchev–Trinajstić information content (AvgIpc) is 3.09. The van der Waals surface area contributed by atoms with E-state index in [0.29, 0.717) is 12.7 Å². The lowest BCUT2D eigenvalue weighted by Gasteiger charge is -2.11. The number of hydrogen-bond donors (Lipinski definition) is 1. The van der Waals surface area contributed by atoms with Crippen molar-refractivity contribution in [3.05, 3.63) is 65.2 Å². The summed E-state index contributed by atoms with van der Waals surface area (Å²) in [7, 11) is 0. The zero-order valence-electron chi connectivity index (χ0n) is 13.8. The van der Waals surface area contributed by atoms with Crippen LogP contribution in [0.15, 0.2) is 48.5 Å². The molecule has 3 heteroatoms. The Labute approximate surface area is 138 Å². The highest BCUT2D eigenvalue weighted by atomic mass is 16.5. The van der Waals surface area contributed by atoms with E-state index in [4.69, 9.17) is 9.47 Å². The summed E-state index contributed by atoms with van der Waals surface area (Å²) in [6.07, 6.45) is 2.77. The van der Waals surface area contributed by atoms with Gasteiger partial charge in [-0.1, -0.05) is 36.4 Å². The van der Waals surface area contributed by atoms with Crippen LogP contribution in [0.3, 0.4) is 0 Å². The van der Waals surface area contributed by atoms with E-state index in [9.17, 15) is 0 Å². The maximum absolute atomic E-state index is 5.87. The summed E-state index contributed by atoms with van der Waals surface area (Å²) >= 11 is 0. The number of hydrogen-bond acceptors (Lipinski definition) is 3. The maximum Gasteiger partial charge on any atom is 0.119 e. The lowest BCUT2D eigenvalue weighted by Crippen LogP contribution is -2.25. The van der Waals surface area contributed by atoms with Crippen LogP contribution in [0.2, 0.25) is 0 Å². The molecular weight excluding hydrogens is 286 g/mol. The molecule has 122 valence electrons. The van der Waals surface area contributed by atoms with Crippen molar-refractivity contribution in [2.45, 2.75) is 39.0 Å². The molecule has 0 aromatic heterocycles. The third-order valence-corrected chi connectivity index (χ3v) is 4.30. The molecule has 3 nitrogen and oxygen atoms in total. The molecule has 0 unspecified atom stereocenters. The second-order valence-electron chi connectivity index (χ2n) is 6.13. The van der Waals surface area contributed by atoms with Crippen molar-refractivity contribution in [3.63, 3.8) is 0 Å². The van der Waals surface area contributed by atoms with Crippen molar-refractivity contribution in [1.29, 1.82) is 0 Å². The Hall–Kier alpha value is -1.84. The second kappa shape index (κ2) is 8.14. The third kappa shape index (κ3) is 4.81. The van der Waals surface area contributed by atoms with Gasteiger partial charge < -0.3 is 14.8 Å². The lowest BCUT2D eigenvalue weighted by molar-refractivity contribution is 0.110. The molecule has 0 bridgehead atoms. The Morgan fingerprint density at radius 2 is 1.96 bits per heavy atom. The molecule has 1 heterocycles. The minimum absolute atomic E-state index is 0.395. The Morgan fingerprint density at radius 3 is 2.70 bits per heavy atom. The van der Waals surface area contributed by atoms with Gasteiger partial charge in [-0.05, 0) is 48.6 Å². The second-order valence-corrected chi connectivity index (χ2v) is 6.13. The van der Waals surface area contributed by atoms with Gasteiger partial charge in [0, 0.05) is 19.7 Å². The topological polar surface area (TPSA) is 30.5 Å². The average molecular weight is 311 g/mol. The summed E-state index contributed by atoms with van der Waals surface area (Å²) in [6.45, 7) is 5.45. The molecule has 1 N–H and O–H groups in total. The van der Waals surface area contributed by atoms with Gasteiger partial charge in [-0.3, -0.25) is 0 Å². The molecule has 1 saturated heterocycles. The summed E-state index contributed by atoms with van der Waals surface area (Å²) in [4.78, 5) is 0. The first-order valence-corrected chi connectivity index (χ1v) is 8.40. The van der Waals surface area contributed by atoms with Crippen molar-refractivity contribution in [3.8, 4) is 5.75 Å². The highest BCUT2D eigenvalue weighted by Gasteiger charge is 2.14. The molecule has 0 saturated carbocycles. The van der Waals surface area contributed by atoms with Gasteiger partial charge in [0.05, 0.1) is 6.10 Å². The standard InChI is InChI=1S/C20H25NO2/c1-16-5-2-3-6-18(16)15-23-19-10-8-17(9-11-19)13-21-14-20-7-4-12-22-20/h2-3,5-6,8-11,20-21H,4,7,12-15H2,1H3/t20-/m0/s1. The maximum atomic E-state index is 5.87. The van der Waals surface area contributed by atoms with Crippen molar-refractivity contribution in [2.24, 2.45) is 0 Å². The molecule has 0 amide bonds. The number of ether oxygens (including phenoxy) is 2. The van der Waals surface area contributed by atoms with Crippen molar-refractivity contribution in [1.82, 2.24) is 5.32 Å². The molecule has 2 aromatic carbocycles. The largest absolute Gasteiger partial charge is 0.489 e. The van der Waals surface area contributed by atoms with E-state index in [1.165, 1.54) is 29.5 Å². The van der Waals surface area contributed by atoms with Gasteiger partial charge in [0.15, 0.2) is 0 Å². The van der Waals surface area contributed by atoms with E-state index in [2.05, 4.69) is 48.6 Å². The van der Waals surface area contributed by atoms with E-state index in [-0.39, 0.29) is 0 Å². The normalized spacial score (nSPS) is 17.3. The van der Waals surface area contributed by atoms with Gasteiger partial charge in [0.25, 0.3) is 0 Å². The SMILES string of the molecule is Cc1ccccc1COc1ccc(CNC[C@@H]2CCCO2)cc1. The fraction of sp³-hybridized carbons (Fsp3) is 0.400. The van der Waals surface area contributed by atoms with Gasteiger partial charge in [0.1, 0.15) is 12.4 Å². The van der Waals surface area contributed by atoms with Gasteiger partial charge in [-0.2, -0.15) is 0 Å². The van der Waals surface area contributed by atoms with Crippen LogP contribution in [-0.2, 0) is 17.9 Å². The van der Waals surface area contributed by atoms with E-state index in [1.807, 2.05) is 12.1 Å². The molecule has 1 aliphatic heterocycles. The summed E-state index contributed by atoms with van der Waals surface area (Å²) < 4.78 is 11.5. The van der Waals surface area contributed by atoms with Crippen LogP contribution in [0.4, 0.5) is 0 Å². The molecule has 23 heavy (non-hydrogen) atoms. The molecule has 2 aromatic rings. The Kier molecular flexibility index (Phi) is 5.67. The van der Waals surface area contributed by atoms with Gasteiger partial charge >= 0.3 is 0 Å². The minimum Gasteiger partial charge on any atom is -0.489 e. The summed E-state index contributed by atoms with van der Waals surface area (Å²) in [6, 6.07) is 16.7. The number of benzene rings is 2. The van der Waals surface area contributed by atoms with Crippen LogP contribution in [0, 0.1) is 6.92 Å². The first kappa shape index (κ1) is 16.0. The van der Waals surface area contributed by atoms with Crippen LogP contribution >= 0.6 is 0 Å². The number of nitrogens with one attached hydrogen (secondary N) is 1. The van der Waals surface area contributed by atoms with E-state index >= 15 is 0 Å². The molecule has 0 radical (unpaired) electrons. The summed E-state index contributed by atoms with van der Waals surface area (Å²) in [5.41, 5.74) is 3.77. The Bertz CT molecular complexity index is 603. The zero-order chi connectivity index (χ0) is 15.9. The first-order chi connectivity index (χ1) is 11.3. The highest BCUT2D eigenvalue weighted by Crippen LogP contribution is 2.16. The quantitative estimate of drug-likeness (QED) is 0.842. The molecule has 1 aliphatic rings. The van der Waals surface area contributed by atoms with Gasteiger partial charge in [-0.15, -0.1) is 0 Å². The molecule has 0 spiro atoms. The van der Waals surface area contributed by atoms with E-state index < -0.39 is 0 Å². The fourth-order valence-corrected chi connectivity index (χ4v) is 2.82. The Morgan fingerprint density at radius 1 is 1.13 bits per heavy atom. The molecule has 1 atom stereocenters. The van der Waals surface area contributed by atoms with Gasteiger partial charge in [0.2, 0.25) is 0 Å². The highest BCUT2D eigenvalue weighted by molar-refractivity contribution is 5.29. The lowest BCUT2D eigenvalue weighted by atomic mass is 10.1. The van der Waals surface area contributed by atoms with Gasteiger partial charge in [-0.25, -0.2) is 0 Å². The third-order valence-electron chi connectivity index (χ3n) is 4.30. The minimum atomic E-state index is 0.395. The fourth-order valence-electron chi connectivity index (χ4n) is 2.82. The van der Waals surface area contributed by atoms with Crippen LogP contribution < -0.4 is 10.1 Å². The first-order valence-electron chi connectivity index (χ1n) is 8.40. The Balaban J connectivity index is 1.44. The molecule has 1 fully saturated rings. The van der Waals surface area contributed by atoms with E-state index in [1.54, 1.807) is 0 Å². The van der Waals surface area contributed by atoms with Crippen LogP contribution in [-0.4, -0.2) is 19.3 Å². The van der Waals surface area contributed by atoms with Crippen LogP contribution in [0.1, 0.15) is 29.5 Å².